The molecule has 1 unspecified atom stereocenters. The minimum atomic E-state index is 0.327. The van der Waals surface area contributed by atoms with Gasteiger partial charge in [-0.1, -0.05) is 27.7 Å². The first-order valence-corrected chi connectivity index (χ1v) is 7.73. The summed E-state index contributed by atoms with van der Waals surface area (Å²) in [4.78, 5) is 2.72. The second-order valence-corrected chi connectivity index (χ2v) is 7.74. The quantitative estimate of drug-likeness (QED) is 0.827. The largest absolute Gasteiger partial charge is 0.314 e. The lowest BCUT2D eigenvalue weighted by atomic mass is 9.80. The molecule has 1 saturated heterocycles. The van der Waals surface area contributed by atoms with E-state index in [4.69, 9.17) is 0 Å². The van der Waals surface area contributed by atoms with Gasteiger partial charge in [0.2, 0.25) is 0 Å². The molecule has 1 aliphatic rings. The zero-order chi connectivity index (χ0) is 13.8. The minimum Gasteiger partial charge on any atom is -0.314 e. The lowest BCUT2D eigenvalue weighted by Crippen LogP contribution is -2.50. The van der Waals surface area contributed by atoms with Gasteiger partial charge in [0.05, 0.1) is 0 Å². The van der Waals surface area contributed by atoms with Gasteiger partial charge in [-0.2, -0.15) is 0 Å². The molecule has 1 N–H and O–H groups in total. The summed E-state index contributed by atoms with van der Waals surface area (Å²) in [5.74, 6) is 0. The van der Waals surface area contributed by atoms with E-state index in [9.17, 15) is 0 Å². The predicted octanol–water partition coefficient (Wildman–Crippen LogP) is 3.67. The summed E-state index contributed by atoms with van der Waals surface area (Å²) in [5.41, 5.74) is 0.738. The average Bonchev–Trinajstić information content (AvgIpc) is 2.12. The molecule has 0 aromatic heterocycles. The third kappa shape index (κ3) is 5.27. The van der Waals surface area contributed by atoms with E-state index in [0.29, 0.717) is 11.0 Å². The lowest BCUT2D eigenvalue weighted by Gasteiger charge is -2.44. The highest BCUT2D eigenvalue weighted by atomic mass is 15.2. The fourth-order valence-electron chi connectivity index (χ4n) is 3.47. The predicted molar refractivity (Wildman–Crippen MR) is 81.0 cm³/mol. The number of rotatable bonds is 3. The Morgan fingerprint density at radius 1 is 1.11 bits per heavy atom. The molecule has 1 atom stereocenters. The van der Waals surface area contributed by atoms with Crippen molar-refractivity contribution >= 4 is 0 Å². The monoisotopic (exact) mass is 254 g/mol. The molecule has 1 rings (SSSR count). The van der Waals surface area contributed by atoms with Crippen molar-refractivity contribution in [3.63, 3.8) is 0 Å². The molecule has 2 heteroatoms. The summed E-state index contributed by atoms with van der Waals surface area (Å²) in [7, 11) is 0. The molecular formula is C16H34N2. The Labute approximate surface area is 115 Å². The maximum Gasteiger partial charge on any atom is 0.0158 e. The van der Waals surface area contributed by atoms with Crippen molar-refractivity contribution in [3.8, 4) is 0 Å². The summed E-state index contributed by atoms with van der Waals surface area (Å²) >= 11 is 0. The summed E-state index contributed by atoms with van der Waals surface area (Å²) in [6.45, 7) is 17.9. The summed E-state index contributed by atoms with van der Waals surface area (Å²) in [6, 6.07) is 0.721. The molecule has 1 fully saturated rings. The van der Waals surface area contributed by atoms with E-state index in [0.717, 1.165) is 6.04 Å². The van der Waals surface area contributed by atoms with Crippen LogP contribution in [0.2, 0.25) is 0 Å². The zero-order valence-corrected chi connectivity index (χ0v) is 13.5. The molecule has 18 heavy (non-hydrogen) atoms. The van der Waals surface area contributed by atoms with Gasteiger partial charge in [0.25, 0.3) is 0 Å². The van der Waals surface area contributed by atoms with E-state index in [-0.39, 0.29) is 0 Å². The van der Waals surface area contributed by atoms with Crippen LogP contribution < -0.4 is 5.32 Å². The molecule has 0 bridgehead atoms. The van der Waals surface area contributed by atoms with E-state index < -0.39 is 0 Å². The Morgan fingerprint density at radius 2 is 1.78 bits per heavy atom. The molecule has 0 aliphatic carbocycles. The van der Waals surface area contributed by atoms with Gasteiger partial charge in [-0.15, -0.1) is 0 Å². The van der Waals surface area contributed by atoms with Gasteiger partial charge in [-0.25, -0.2) is 0 Å². The molecule has 0 spiro atoms. The lowest BCUT2D eigenvalue weighted by molar-refractivity contribution is 0.0660. The standard InChI is InChI=1S/C16H34N2/c1-7-14-9-12-18(11-8-10-17-14)16(5,6)13-15(2,3)4/h14,17H,7-13H2,1-6H3. The second kappa shape index (κ2) is 6.38. The Balaban J connectivity index is 2.62. The first-order valence-electron chi connectivity index (χ1n) is 7.73. The summed E-state index contributed by atoms with van der Waals surface area (Å²) < 4.78 is 0. The SMILES string of the molecule is CCC1CCN(C(C)(C)CC(C)(C)C)CCCN1. The molecule has 108 valence electrons. The summed E-state index contributed by atoms with van der Waals surface area (Å²) in [5, 5.41) is 3.66. The van der Waals surface area contributed by atoms with E-state index in [1.807, 2.05) is 0 Å². The van der Waals surface area contributed by atoms with E-state index in [1.54, 1.807) is 0 Å². The van der Waals surface area contributed by atoms with Crippen molar-refractivity contribution < 1.29 is 0 Å². The maximum absolute atomic E-state index is 3.66. The number of hydrogen-bond acceptors (Lipinski definition) is 2. The molecule has 1 aliphatic heterocycles. The molecule has 0 aromatic carbocycles. The topological polar surface area (TPSA) is 15.3 Å². The average molecular weight is 254 g/mol. The van der Waals surface area contributed by atoms with Crippen molar-refractivity contribution in [2.45, 2.75) is 78.8 Å². The molecule has 1 heterocycles. The highest BCUT2D eigenvalue weighted by Crippen LogP contribution is 2.31. The normalized spacial score (nSPS) is 24.7. The first kappa shape index (κ1) is 16.0. The van der Waals surface area contributed by atoms with Gasteiger partial charge in [-0.05, 0) is 58.0 Å². The number of hydrogen-bond donors (Lipinski definition) is 1. The van der Waals surface area contributed by atoms with Crippen LogP contribution in [0.4, 0.5) is 0 Å². The van der Waals surface area contributed by atoms with Gasteiger partial charge in [-0.3, -0.25) is 4.90 Å². The highest BCUT2D eigenvalue weighted by molar-refractivity contribution is 4.88. The maximum atomic E-state index is 3.66. The van der Waals surface area contributed by atoms with Crippen molar-refractivity contribution in [2.75, 3.05) is 19.6 Å². The van der Waals surface area contributed by atoms with Crippen LogP contribution in [0.1, 0.15) is 67.2 Å². The highest BCUT2D eigenvalue weighted by Gasteiger charge is 2.31. The Morgan fingerprint density at radius 3 is 2.33 bits per heavy atom. The smallest absolute Gasteiger partial charge is 0.0158 e. The molecule has 0 saturated carbocycles. The summed E-state index contributed by atoms with van der Waals surface area (Å²) in [6.07, 6.45) is 5.10. The van der Waals surface area contributed by atoms with Gasteiger partial charge < -0.3 is 5.32 Å². The molecule has 0 amide bonds. The molecular weight excluding hydrogens is 220 g/mol. The Bertz CT molecular complexity index is 240. The van der Waals surface area contributed by atoms with Gasteiger partial charge in [0.1, 0.15) is 0 Å². The van der Waals surface area contributed by atoms with Crippen LogP contribution in [0.15, 0.2) is 0 Å². The third-order valence-electron chi connectivity index (χ3n) is 4.10. The number of nitrogens with one attached hydrogen (secondary N) is 1. The van der Waals surface area contributed by atoms with Crippen LogP contribution in [-0.2, 0) is 0 Å². The minimum absolute atomic E-state index is 0.327. The van der Waals surface area contributed by atoms with Gasteiger partial charge in [0, 0.05) is 18.1 Å². The van der Waals surface area contributed by atoms with E-state index >= 15 is 0 Å². The fourth-order valence-corrected chi connectivity index (χ4v) is 3.47. The Kier molecular flexibility index (Phi) is 5.67. The van der Waals surface area contributed by atoms with Crippen LogP contribution in [-0.4, -0.2) is 36.1 Å². The van der Waals surface area contributed by atoms with Crippen LogP contribution >= 0.6 is 0 Å². The Hall–Kier alpha value is -0.0800. The van der Waals surface area contributed by atoms with E-state index in [2.05, 4.69) is 51.8 Å². The van der Waals surface area contributed by atoms with Crippen molar-refractivity contribution in [1.82, 2.24) is 10.2 Å². The van der Waals surface area contributed by atoms with Crippen LogP contribution in [0.25, 0.3) is 0 Å². The fraction of sp³-hybridized carbons (Fsp3) is 1.00. The third-order valence-corrected chi connectivity index (χ3v) is 4.10. The molecule has 0 radical (unpaired) electrons. The first-order chi connectivity index (χ1) is 8.24. The van der Waals surface area contributed by atoms with Crippen molar-refractivity contribution in [1.29, 1.82) is 0 Å². The zero-order valence-electron chi connectivity index (χ0n) is 13.5. The van der Waals surface area contributed by atoms with Crippen molar-refractivity contribution in [3.05, 3.63) is 0 Å². The van der Waals surface area contributed by atoms with E-state index in [1.165, 1.54) is 45.3 Å². The number of nitrogens with zero attached hydrogens (tertiary/aromatic N) is 1. The molecule has 0 aromatic rings. The van der Waals surface area contributed by atoms with Crippen LogP contribution in [0.3, 0.4) is 0 Å². The van der Waals surface area contributed by atoms with Crippen LogP contribution in [0.5, 0.6) is 0 Å². The second-order valence-electron chi connectivity index (χ2n) is 7.74. The van der Waals surface area contributed by atoms with Crippen LogP contribution in [0, 0.1) is 5.41 Å². The molecule has 2 nitrogen and oxygen atoms in total. The van der Waals surface area contributed by atoms with Crippen molar-refractivity contribution in [2.24, 2.45) is 5.41 Å². The van der Waals surface area contributed by atoms with Gasteiger partial charge in [0.15, 0.2) is 0 Å². The van der Waals surface area contributed by atoms with Gasteiger partial charge >= 0.3 is 0 Å².